The van der Waals surface area contributed by atoms with Crippen molar-refractivity contribution in [1.82, 2.24) is 10.2 Å². The molecular weight excluding hydrogens is 230 g/mol. The molecule has 0 radical (unpaired) electrons. The van der Waals surface area contributed by atoms with E-state index >= 15 is 0 Å². The maximum Gasteiger partial charge on any atom is 0.244 e. The molecule has 0 aliphatic carbocycles. The van der Waals surface area contributed by atoms with Gasteiger partial charge in [-0.3, -0.25) is 9.59 Å². The average molecular weight is 255 g/mol. The fraction of sp³-hybridized carbons (Fsp3) is 0.846. The number of likely N-dealkylation sites (tertiary alicyclic amines) is 1. The number of hydrogen-bond donors (Lipinski definition) is 2. The summed E-state index contributed by atoms with van der Waals surface area (Å²) in [5.41, 5.74) is 5.72. The molecule has 2 amide bonds. The molecule has 1 rings (SSSR count). The SMILES string of the molecule is CCC[C@H](N)C(=O)NC(C)C(=O)N1CCCCC1. The van der Waals surface area contributed by atoms with Crippen molar-refractivity contribution >= 4 is 11.8 Å². The zero-order valence-corrected chi connectivity index (χ0v) is 11.4. The first-order valence-electron chi connectivity index (χ1n) is 6.91. The van der Waals surface area contributed by atoms with E-state index < -0.39 is 12.1 Å². The van der Waals surface area contributed by atoms with Crippen molar-refractivity contribution in [3.63, 3.8) is 0 Å². The predicted molar refractivity (Wildman–Crippen MR) is 70.9 cm³/mol. The number of amides is 2. The first-order chi connectivity index (χ1) is 8.56. The van der Waals surface area contributed by atoms with E-state index in [1.165, 1.54) is 6.42 Å². The molecule has 1 unspecified atom stereocenters. The minimum atomic E-state index is -0.508. The van der Waals surface area contributed by atoms with Crippen molar-refractivity contribution in [2.45, 2.75) is 58.0 Å². The van der Waals surface area contributed by atoms with Gasteiger partial charge in [0.15, 0.2) is 0 Å². The Balaban J connectivity index is 2.41. The van der Waals surface area contributed by atoms with Gasteiger partial charge in [0.05, 0.1) is 6.04 Å². The third-order valence-electron chi connectivity index (χ3n) is 3.33. The van der Waals surface area contributed by atoms with E-state index in [4.69, 9.17) is 5.73 Å². The molecule has 0 aromatic rings. The lowest BCUT2D eigenvalue weighted by Crippen LogP contribution is -2.52. The molecule has 0 aromatic carbocycles. The van der Waals surface area contributed by atoms with Gasteiger partial charge in [0.1, 0.15) is 6.04 Å². The topological polar surface area (TPSA) is 75.4 Å². The van der Waals surface area contributed by atoms with Crippen LogP contribution in [0.1, 0.15) is 46.0 Å². The fourth-order valence-electron chi connectivity index (χ4n) is 2.21. The first kappa shape index (κ1) is 15.0. The second kappa shape index (κ2) is 7.36. The van der Waals surface area contributed by atoms with Crippen molar-refractivity contribution in [3.05, 3.63) is 0 Å². The van der Waals surface area contributed by atoms with E-state index in [1.807, 2.05) is 11.8 Å². The predicted octanol–water partition coefficient (Wildman–Crippen LogP) is 0.631. The number of piperidine rings is 1. The third-order valence-corrected chi connectivity index (χ3v) is 3.33. The van der Waals surface area contributed by atoms with Crippen LogP contribution in [0, 0.1) is 0 Å². The Morgan fingerprint density at radius 3 is 2.44 bits per heavy atom. The minimum Gasteiger partial charge on any atom is -0.343 e. The van der Waals surface area contributed by atoms with Crippen molar-refractivity contribution in [2.75, 3.05) is 13.1 Å². The number of nitrogens with zero attached hydrogens (tertiary/aromatic N) is 1. The van der Waals surface area contributed by atoms with Crippen LogP contribution in [-0.4, -0.2) is 41.9 Å². The van der Waals surface area contributed by atoms with Crippen LogP contribution in [0.2, 0.25) is 0 Å². The molecule has 2 atom stereocenters. The number of hydrogen-bond acceptors (Lipinski definition) is 3. The normalized spacial score (nSPS) is 19.2. The van der Waals surface area contributed by atoms with E-state index in [-0.39, 0.29) is 11.8 Å². The van der Waals surface area contributed by atoms with E-state index in [1.54, 1.807) is 6.92 Å². The zero-order chi connectivity index (χ0) is 13.5. The second-order valence-electron chi connectivity index (χ2n) is 5.01. The summed E-state index contributed by atoms with van der Waals surface area (Å²) in [4.78, 5) is 25.6. The second-order valence-corrected chi connectivity index (χ2v) is 5.01. The van der Waals surface area contributed by atoms with Gasteiger partial charge in [-0.2, -0.15) is 0 Å². The number of nitrogens with one attached hydrogen (secondary N) is 1. The average Bonchev–Trinajstić information content (AvgIpc) is 2.39. The first-order valence-corrected chi connectivity index (χ1v) is 6.91. The van der Waals surface area contributed by atoms with E-state index in [0.717, 1.165) is 32.4 Å². The summed E-state index contributed by atoms with van der Waals surface area (Å²) in [6.45, 7) is 5.32. The lowest BCUT2D eigenvalue weighted by atomic mass is 10.1. The summed E-state index contributed by atoms with van der Waals surface area (Å²) in [5, 5.41) is 2.71. The van der Waals surface area contributed by atoms with Gasteiger partial charge in [0.2, 0.25) is 11.8 Å². The molecule has 5 nitrogen and oxygen atoms in total. The highest BCUT2D eigenvalue weighted by atomic mass is 16.2. The molecule has 0 spiro atoms. The Morgan fingerprint density at radius 2 is 1.89 bits per heavy atom. The third kappa shape index (κ3) is 4.29. The molecule has 1 saturated heterocycles. The number of nitrogens with two attached hydrogens (primary N) is 1. The van der Waals surface area contributed by atoms with Crippen LogP contribution in [0.15, 0.2) is 0 Å². The Hall–Kier alpha value is -1.10. The molecule has 0 bridgehead atoms. The maximum atomic E-state index is 12.1. The highest BCUT2D eigenvalue weighted by Gasteiger charge is 2.24. The van der Waals surface area contributed by atoms with Crippen molar-refractivity contribution in [2.24, 2.45) is 5.73 Å². The maximum absolute atomic E-state index is 12.1. The Labute approximate surface area is 109 Å². The Bertz CT molecular complexity index is 288. The highest BCUT2D eigenvalue weighted by molar-refractivity contribution is 5.89. The standard InChI is InChI=1S/C13H25N3O2/c1-3-7-11(14)12(17)15-10(2)13(18)16-8-5-4-6-9-16/h10-11H,3-9,14H2,1-2H3,(H,15,17)/t10?,11-/m0/s1. The summed E-state index contributed by atoms with van der Waals surface area (Å²) < 4.78 is 0. The molecule has 5 heteroatoms. The molecule has 18 heavy (non-hydrogen) atoms. The van der Waals surface area contributed by atoms with Gasteiger partial charge < -0.3 is 16.0 Å². The molecular formula is C13H25N3O2. The van der Waals surface area contributed by atoms with E-state index in [9.17, 15) is 9.59 Å². The van der Waals surface area contributed by atoms with Crippen molar-refractivity contribution < 1.29 is 9.59 Å². The number of rotatable bonds is 5. The molecule has 1 fully saturated rings. The van der Waals surface area contributed by atoms with E-state index in [2.05, 4.69) is 5.32 Å². The van der Waals surface area contributed by atoms with Gasteiger partial charge in [-0.15, -0.1) is 0 Å². The summed E-state index contributed by atoms with van der Waals surface area (Å²) in [5.74, 6) is -0.221. The van der Waals surface area contributed by atoms with Gasteiger partial charge in [-0.1, -0.05) is 13.3 Å². The largest absolute Gasteiger partial charge is 0.343 e. The lowest BCUT2D eigenvalue weighted by molar-refractivity contribution is -0.137. The Morgan fingerprint density at radius 1 is 1.28 bits per heavy atom. The van der Waals surface area contributed by atoms with Gasteiger partial charge in [0.25, 0.3) is 0 Å². The molecule has 1 aliphatic rings. The van der Waals surface area contributed by atoms with Crippen molar-refractivity contribution in [3.8, 4) is 0 Å². The van der Waals surface area contributed by atoms with Crippen LogP contribution in [-0.2, 0) is 9.59 Å². The molecule has 1 heterocycles. The van der Waals surface area contributed by atoms with Crippen LogP contribution >= 0.6 is 0 Å². The lowest BCUT2D eigenvalue weighted by Gasteiger charge is -2.29. The smallest absolute Gasteiger partial charge is 0.244 e. The molecule has 1 aliphatic heterocycles. The quantitative estimate of drug-likeness (QED) is 0.756. The molecule has 104 valence electrons. The number of carbonyl (C=O) groups is 2. The summed E-state index contributed by atoms with van der Waals surface area (Å²) in [6.07, 6.45) is 4.81. The van der Waals surface area contributed by atoms with Crippen LogP contribution in [0.3, 0.4) is 0 Å². The molecule has 0 aromatic heterocycles. The van der Waals surface area contributed by atoms with Gasteiger partial charge in [0, 0.05) is 13.1 Å². The van der Waals surface area contributed by atoms with Crippen LogP contribution < -0.4 is 11.1 Å². The number of carbonyl (C=O) groups excluding carboxylic acids is 2. The molecule has 3 N–H and O–H groups in total. The Kier molecular flexibility index (Phi) is 6.12. The van der Waals surface area contributed by atoms with Gasteiger partial charge in [-0.25, -0.2) is 0 Å². The fourth-order valence-corrected chi connectivity index (χ4v) is 2.21. The van der Waals surface area contributed by atoms with Crippen LogP contribution in [0.25, 0.3) is 0 Å². The van der Waals surface area contributed by atoms with Crippen molar-refractivity contribution in [1.29, 1.82) is 0 Å². The van der Waals surface area contributed by atoms with Gasteiger partial charge >= 0.3 is 0 Å². The summed E-state index contributed by atoms with van der Waals surface area (Å²) in [7, 11) is 0. The van der Waals surface area contributed by atoms with Gasteiger partial charge in [-0.05, 0) is 32.6 Å². The summed E-state index contributed by atoms with van der Waals surface area (Å²) >= 11 is 0. The minimum absolute atomic E-state index is 0.00625. The monoisotopic (exact) mass is 255 g/mol. The molecule has 0 saturated carbocycles. The zero-order valence-electron chi connectivity index (χ0n) is 11.4. The van der Waals surface area contributed by atoms with Crippen LogP contribution in [0.5, 0.6) is 0 Å². The highest BCUT2D eigenvalue weighted by Crippen LogP contribution is 2.10. The summed E-state index contributed by atoms with van der Waals surface area (Å²) in [6, 6.07) is -0.981. The van der Waals surface area contributed by atoms with E-state index in [0.29, 0.717) is 6.42 Å². The van der Waals surface area contributed by atoms with Crippen LogP contribution in [0.4, 0.5) is 0 Å².